The zero-order valence-electron chi connectivity index (χ0n) is 12.8. The number of nitrogens with one attached hydrogen (secondary N) is 1. The van der Waals surface area contributed by atoms with Crippen LogP contribution in [0.5, 0.6) is 0 Å². The molecule has 0 aromatic rings. The summed E-state index contributed by atoms with van der Waals surface area (Å²) in [5.41, 5.74) is 0.732. The van der Waals surface area contributed by atoms with Crippen LogP contribution in [0.3, 0.4) is 0 Å². The van der Waals surface area contributed by atoms with Crippen LogP contribution in [0.25, 0.3) is 0 Å². The third kappa shape index (κ3) is 4.97. The molecule has 2 heteroatoms. The average Bonchev–Trinajstić information content (AvgIpc) is 2.38. The molecule has 17 heavy (non-hydrogen) atoms. The fourth-order valence-electron chi connectivity index (χ4n) is 3.29. The second kappa shape index (κ2) is 5.71. The maximum atomic E-state index is 3.65. The molecule has 1 rings (SSSR count). The highest BCUT2D eigenvalue weighted by molar-refractivity contribution is 4.88. The zero-order valence-corrected chi connectivity index (χ0v) is 12.8. The van der Waals surface area contributed by atoms with Gasteiger partial charge in [-0.25, -0.2) is 0 Å². The van der Waals surface area contributed by atoms with E-state index in [2.05, 4.69) is 51.8 Å². The molecule has 0 aromatic heterocycles. The molecule has 1 heterocycles. The lowest BCUT2D eigenvalue weighted by molar-refractivity contribution is 0.0830. The second-order valence-corrected chi connectivity index (χ2v) is 7.38. The molecule has 102 valence electrons. The molecular weight excluding hydrogens is 208 g/mol. The summed E-state index contributed by atoms with van der Waals surface area (Å²) < 4.78 is 0. The van der Waals surface area contributed by atoms with Gasteiger partial charge in [0.05, 0.1) is 0 Å². The first-order valence-electron chi connectivity index (χ1n) is 7.23. The Morgan fingerprint density at radius 1 is 1.12 bits per heavy atom. The van der Waals surface area contributed by atoms with Crippen LogP contribution in [0.2, 0.25) is 0 Å². The fourth-order valence-corrected chi connectivity index (χ4v) is 3.29. The molecule has 0 aliphatic carbocycles. The minimum Gasteiger partial charge on any atom is -0.313 e. The first kappa shape index (κ1) is 15.0. The van der Waals surface area contributed by atoms with Crippen molar-refractivity contribution in [1.82, 2.24) is 10.2 Å². The maximum Gasteiger partial charge on any atom is 0.0158 e. The van der Waals surface area contributed by atoms with Gasteiger partial charge in [0.15, 0.2) is 0 Å². The molecular formula is C15H32N2. The lowest BCUT2D eigenvalue weighted by Crippen LogP contribution is -2.47. The summed E-state index contributed by atoms with van der Waals surface area (Å²) in [7, 11) is 0. The standard InChI is InChI=1S/C15H32N2/c1-7-13-8-10-17(11-9-16-13)15(5,6)12-14(2,3)4/h13,16H,7-12H2,1-6H3. The van der Waals surface area contributed by atoms with Crippen molar-refractivity contribution in [3.8, 4) is 0 Å². The summed E-state index contributed by atoms with van der Waals surface area (Å²) in [5.74, 6) is 0. The van der Waals surface area contributed by atoms with Gasteiger partial charge in [-0.05, 0) is 38.5 Å². The Hall–Kier alpha value is -0.0800. The van der Waals surface area contributed by atoms with Crippen molar-refractivity contribution >= 4 is 0 Å². The van der Waals surface area contributed by atoms with E-state index in [9.17, 15) is 0 Å². The Labute approximate surface area is 108 Å². The van der Waals surface area contributed by atoms with Crippen LogP contribution in [0.1, 0.15) is 60.8 Å². The first-order chi connectivity index (χ1) is 7.74. The monoisotopic (exact) mass is 240 g/mol. The molecule has 1 unspecified atom stereocenters. The van der Waals surface area contributed by atoms with Crippen molar-refractivity contribution < 1.29 is 0 Å². The lowest BCUT2D eigenvalue weighted by Gasteiger charge is -2.42. The van der Waals surface area contributed by atoms with E-state index < -0.39 is 0 Å². The molecule has 1 N–H and O–H groups in total. The minimum absolute atomic E-state index is 0.322. The summed E-state index contributed by atoms with van der Waals surface area (Å²) in [6, 6.07) is 0.727. The van der Waals surface area contributed by atoms with E-state index in [1.165, 1.54) is 32.4 Å². The molecule has 0 bridgehead atoms. The molecule has 1 aliphatic heterocycles. The Balaban J connectivity index is 2.59. The van der Waals surface area contributed by atoms with Gasteiger partial charge in [-0.15, -0.1) is 0 Å². The summed E-state index contributed by atoms with van der Waals surface area (Å²) in [6.07, 6.45) is 3.81. The predicted octanol–water partition coefficient (Wildman–Crippen LogP) is 3.28. The van der Waals surface area contributed by atoms with Crippen molar-refractivity contribution in [2.75, 3.05) is 19.6 Å². The van der Waals surface area contributed by atoms with Gasteiger partial charge in [0.1, 0.15) is 0 Å². The van der Waals surface area contributed by atoms with E-state index >= 15 is 0 Å². The van der Waals surface area contributed by atoms with Crippen molar-refractivity contribution in [3.05, 3.63) is 0 Å². The van der Waals surface area contributed by atoms with Gasteiger partial charge in [0, 0.05) is 31.2 Å². The predicted molar refractivity (Wildman–Crippen MR) is 76.4 cm³/mol. The van der Waals surface area contributed by atoms with Gasteiger partial charge in [0.2, 0.25) is 0 Å². The molecule has 0 radical (unpaired) electrons. The highest BCUT2D eigenvalue weighted by Crippen LogP contribution is 2.31. The molecule has 1 aliphatic rings. The molecule has 1 fully saturated rings. The molecule has 0 spiro atoms. The van der Waals surface area contributed by atoms with Gasteiger partial charge >= 0.3 is 0 Å². The largest absolute Gasteiger partial charge is 0.313 e. The van der Waals surface area contributed by atoms with Crippen LogP contribution in [0, 0.1) is 5.41 Å². The Kier molecular flexibility index (Phi) is 5.03. The van der Waals surface area contributed by atoms with Crippen LogP contribution >= 0.6 is 0 Å². The van der Waals surface area contributed by atoms with E-state index in [1.807, 2.05) is 0 Å². The molecule has 2 nitrogen and oxygen atoms in total. The van der Waals surface area contributed by atoms with Crippen molar-refractivity contribution in [3.63, 3.8) is 0 Å². The first-order valence-corrected chi connectivity index (χ1v) is 7.23. The van der Waals surface area contributed by atoms with Crippen LogP contribution in [0.4, 0.5) is 0 Å². The summed E-state index contributed by atoms with van der Waals surface area (Å²) >= 11 is 0. The van der Waals surface area contributed by atoms with E-state index in [4.69, 9.17) is 0 Å². The highest BCUT2D eigenvalue weighted by atomic mass is 15.2. The lowest BCUT2D eigenvalue weighted by atomic mass is 9.80. The normalized spacial score (nSPS) is 24.7. The Morgan fingerprint density at radius 3 is 2.29 bits per heavy atom. The van der Waals surface area contributed by atoms with Gasteiger partial charge in [-0.1, -0.05) is 27.7 Å². The SMILES string of the molecule is CCC1CCN(C(C)(C)CC(C)(C)C)CCN1. The molecule has 1 atom stereocenters. The van der Waals surface area contributed by atoms with Crippen molar-refractivity contribution in [2.45, 2.75) is 72.4 Å². The summed E-state index contributed by atoms with van der Waals surface area (Å²) in [5, 5.41) is 3.65. The Bertz CT molecular complexity index is 228. The van der Waals surface area contributed by atoms with Crippen LogP contribution in [-0.2, 0) is 0 Å². The molecule has 1 saturated heterocycles. The maximum absolute atomic E-state index is 3.65. The molecule has 0 amide bonds. The van der Waals surface area contributed by atoms with Crippen LogP contribution in [-0.4, -0.2) is 36.1 Å². The number of hydrogen-bond donors (Lipinski definition) is 1. The Morgan fingerprint density at radius 2 is 1.76 bits per heavy atom. The molecule has 0 saturated carbocycles. The van der Waals surface area contributed by atoms with Gasteiger partial charge in [-0.2, -0.15) is 0 Å². The van der Waals surface area contributed by atoms with E-state index in [-0.39, 0.29) is 0 Å². The van der Waals surface area contributed by atoms with Gasteiger partial charge < -0.3 is 5.32 Å². The van der Waals surface area contributed by atoms with Gasteiger partial charge in [0.25, 0.3) is 0 Å². The van der Waals surface area contributed by atoms with Crippen molar-refractivity contribution in [2.24, 2.45) is 5.41 Å². The second-order valence-electron chi connectivity index (χ2n) is 7.38. The van der Waals surface area contributed by atoms with Gasteiger partial charge in [-0.3, -0.25) is 4.90 Å². The summed E-state index contributed by atoms with van der Waals surface area (Å²) in [4.78, 5) is 2.68. The average molecular weight is 240 g/mol. The third-order valence-corrected chi connectivity index (χ3v) is 3.87. The highest BCUT2D eigenvalue weighted by Gasteiger charge is 2.32. The van der Waals surface area contributed by atoms with Crippen molar-refractivity contribution in [1.29, 1.82) is 0 Å². The quantitative estimate of drug-likeness (QED) is 0.814. The molecule has 0 aromatic carbocycles. The van der Waals surface area contributed by atoms with E-state index in [0.29, 0.717) is 11.0 Å². The van der Waals surface area contributed by atoms with Crippen LogP contribution in [0.15, 0.2) is 0 Å². The smallest absolute Gasteiger partial charge is 0.0158 e. The summed E-state index contributed by atoms with van der Waals surface area (Å²) in [6.45, 7) is 17.7. The third-order valence-electron chi connectivity index (χ3n) is 3.87. The number of rotatable bonds is 3. The van der Waals surface area contributed by atoms with E-state index in [1.54, 1.807) is 0 Å². The fraction of sp³-hybridized carbons (Fsp3) is 1.00. The number of hydrogen-bond acceptors (Lipinski definition) is 2. The number of nitrogens with zero attached hydrogens (tertiary/aromatic N) is 1. The van der Waals surface area contributed by atoms with Crippen LogP contribution < -0.4 is 5.32 Å². The minimum atomic E-state index is 0.322. The zero-order chi connectivity index (χ0) is 13.1. The van der Waals surface area contributed by atoms with E-state index in [0.717, 1.165) is 12.6 Å². The topological polar surface area (TPSA) is 15.3 Å².